The molecule has 0 amide bonds. The van der Waals surface area contributed by atoms with E-state index in [-0.39, 0.29) is 5.54 Å². The summed E-state index contributed by atoms with van der Waals surface area (Å²) in [7, 11) is 0. The molecular formula is C15H24N2. The topological polar surface area (TPSA) is 15.3 Å². The van der Waals surface area contributed by atoms with Gasteiger partial charge in [0.2, 0.25) is 0 Å². The van der Waals surface area contributed by atoms with E-state index in [9.17, 15) is 0 Å². The third-order valence-corrected chi connectivity index (χ3v) is 3.85. The summed E-state index contributed by atoms with van der Waals surface area (Å²) in [6.45, 7) is 10.1. The highest BCUT2D eigenvalue weighted by atomic mass is 15.2. The molecule has 2 heteroatoms. The van der Waals surface area contributed by atoms with E-state index in [4.69, 9.17) is 0 Å². The maximum Gasteiger partial charge on any atom is 0.0399 e. The van der Waals surface area contributed by atoms with Crippen molar-refractivity contribution in [3.05, 3.63) is 29.8 Å². The minimum atomic E-state index is 0.263. The Labute approximate surface area is 105 Å². The molecule has 0 spiro atoms. The van der Waals surface area contributed by atoms with Crippen LogP contribution in [0.5, 0.6) is 0 Å². The summed E-state index contributed by atoms with van der Waals surface area (Å²) >= 11 is 0. The van der Waals surface area contributed by atoms with Gasteiger partial charge < -0.3 is 10.2 Å². The first-order valence-corrected chi connectivity index (χ1v) is 6.70. The number of anilines is 1. The first-order chi connectivity index (χ1) is 8.12. The van der Waals surface area contributed by atoms with Gasteiger partial charge >= 0.3 is 0 Å². The van der Waals surface area contributed by atoms with E-state index < -0.39 is 0 Å². The normalized spacial score (nSPS) is 15.1. The van der Waals surface area contributed by atoms with Crippen molar-refractivity contribution in [2.75, 3.05) is 24.5 Å². The molecule has 0 atom stereocenters. The number of rotatable bonds is 5. The van der Waals surface area contributed by atoms with Gasteiger partial charge in [0, 0.05) is 30.9 Å². The van der Waals surface area contributed by atoms with Gasteiger partial charge in [-0.1, -0.05) is 25.1 Å². The second-order valence-corrected chi connectivity index (χ2v) is 5.53. The van der Waals surface area contributed by atoms with Crippen molar-refractivity contribution in [2.45, 2.75) is 39.2 Å². The molecule has 0 aromatic heterocycles. The molecule has 1 aliphatic heterocycles. The number of benzene rings is 1. The van der Waals surface area contributed by atoms with Crippen molar-refractivity contribution in [3.63, 3.8) is 0 Å². The van der Waals surface area contributed by atoms with Gasteiger partial charge in [-0.15, -0.1) is 0 Å². The summed E-state index contributed by atoms with van der Waals surface area (Å²) < 4.78 is 0. The van der Waals surface area contributed by atoms with Crippen LogP contribution >= 0.6 is 0 Å². The highest BCUT2D eigenvalue weighted by Gasteiger charge is 2.19. The van der Waals surface area contributed by atoms with E-state index in [2.05, 4.69) is 55.3 Å². The van der Waals surface area contributed by atoms with Crippen LogP contribution in [-0.4, -0.2) is 25.2 Å². The zero-order valence-electron chi connectivity index (χ0n) is 11.3. The van der Waals surface area contributed by atoms with Crippen LogP contribution in [0.25, 0.3) is 0 Å². The van der Waals surface area contributed by atoms with E-state index in [1.54, 1.807) is 0 Å². The van der Waals surface area contributed by atoms with Crippen molar-refractivity contribution in [1.82, 2.24) is 5.32 Å². The molecule has 0 saturated carbocycles. The maximum absolute atomic E-state index is 3.62. The van der Waals surface area contributed by atoms with Gasteiger partial charge in [-0.25, -0.2) is 0 Å². The first-order valence-electron chi connectivity index (χ1n) is 6.70. The SMILES string of the molecule is CCC(C)(C)NCCN1CCc2ccccc21. The average Bonchev–Trinajstić information content (AvgIpc) is 2.73. The molecule has 2 rings (SSSR count). The van der Waals surface area contributed by atoms with Crippen molar-refractivity contribution >= 4 is 5.69 Å². The number of hydrogen-bond donors (Lipinski definition) is 1. The van der Waals surface area contributed by atoms with Crippen LogP contribution in [0.3, 0.4) is 0 Å². The third-order valence-electron chi connectivity index (χ3n) is 3.85. The zero-order valence-corrected chi connectivity index (χ0v) is 11.3. The largest absolute Gasteiger partial charge is 0.370 e. The Morgan fingerprint density at radius 1 is 1.29 bits per heavy atom. The van der Waals surface area contributed by atoms with E-state index >= 15 is 0 Å². The predicted molar refractivity (Wildman–Crippen MR) is 74.7 cm³/mol. The van der Waals surface area contributed by atoms with Crippen molar-refractivity contribution in [2.24, 2.45) is 0 Å². The number of nitrogens with one attached hydrogen (secondary N) is 1. The lowest BCUT2D eigenvalue weighted by molar-refractivity contribution is 0.380. The van der Waals surface area contributed by atoms with Gasteiger partial charge in [0.25, 0.3) is 0 Å². The Bertz CT molecular complexity index is 371. The molecule has 0 saturated heterocycles. The van der Waals surface area contributed by atoms with Gasteiger partial charge in [-0.3, -0.25) is 0 Å². The van der Waals surface area contributed by atoms with Gasteiger partial charge in [-0.2, -0.15) is 0 Å². The van der Waals surface area contributed by atoms with E-state index in [0.29, 0.717) is 0 Å². The Kier molecular flexibility index (Phi) is 3.72. The monoisotopic (exact) mass is 232 g/mol. The second-order valence-electron chi connectivity index (χ2n) is 5.53. The van der Waals surface area contributed by atoms with Crippen LogP contribution in [0.15, 0.2) is 24.3 Å². The van der Waals surface area contributed by atoms with Gasteiger partial charge in [0.05, 0.1) is 0 Å². The first kappa shape index (κ1) is 12.4. The quantitative estimate of drug-likeness (QED) is 0.840. The lowest BCUT2D eigenvalue weighted by Gasteiger charge is -2.27. The fraction of sp³-hybridized carbons (Fsp3) is 0.600. The van der Waals surface area contributed by atoms with Crippen LogP contribution in [-0.2, 0) is 6.42 Å². The van der Waals surface area contributed by atoms with Crippen molar-refractivity contribution < 1.29 is 0 Å². The molecule has 1 aromatic rings. The number of nitrogens with zero attached hydrogens (tertiary/aromatic N) is 1. The molecule has 1 N–H and O–H groups in total. The fourth-order valence-corrected chi connectivity index (χ4v) is 2.29. The number of para-hydroxylation sites is 1. The summed E-state index contributed by atoms with van der Waals surface area (Å²) in [5.74, 6) is 0. The molecule has 0 fully saturated rings. The van der Waals surface area contributed by atoms with Crippen LogP contribution < -0.4 is 10.2 Å². The lowest BCUT2D eigenvalue weighted by Crippen LogP contribution is -2.42. The molecule has 2 nitrogen and oxygen atoms in total. The summed E-state index contributed by atoms with van der Waals surface area (Å²) in [6.07, 6.45) is 2.37. The molecule has 0 bridgehead atoms. The highest BCUT2D eigenvalue weighted by Crippen LogP contribution is 2.26. The molecule has 0 unspecified atom stereocenters. The zero-order chi connectivity index (χ0) is 12.3. The van der Waals surface area contributed by atoms with Crippen LogP contribution in [0, 0.1) is 0 Å². The molecule has 0 radical (unpaired) electrons. The van der Waals surface area contributed by atoms with E-state index in [1.165, 1.54) is 30.6 Å². The smallest absolute Gasteiger partial charge is 0.0399 e. The summed E-state index contributed by atoms with van der Waals surface area (Å²) in [4.78, 5) is 2.49. The highest BCUT2D eigenvalue weighted by molar-refractivity contribution is 5.57. The van der Waals surface area contributed by atoms with Crippen molar-refractivity contribution in [3.8, 4) is 0 Å². The Hall–Kier alpha value is -1.02. The Morgan fingerprint density at radius 3 is 2.82 bits per heavy atom. The summed E-state index contributed by atoms with van der Waals surface area (Å²) in [5, 5.41) is 3.62. The maximum atomic E-state index is 3.62. The van der Waals surface area contributed by atoms with Gasteiger partial charge in [-0.05, 0) is 38.3 Å². The molecule has 1 heterocycles. The fourth-order valence-electron chi connectivity index (χ4n) is 2.29. The summed E-state index contributed by atoms with van der Waals surface area (Å²) in [6, 6.07) is 8.77. The molecule has 1 aromatic carbocycles. The van der Waals surface area contributed by atoms with Gasteiger partial charge in [0.15, 0.2) is 0 Å². The molecular weight excluding hydrogens is 208 g/mol. The number of hydrogen-bond acceptors (Lipinski definition) is 2. The van der Waals surface area contributed by atoms with Crippen LogP contribution in [0.4, 0.5) is 5.69 Å². The molecule has 0 aliphatic carbocycles. The van der Waals surface area contributed by atoms with Crippen LogP contribution in [0.2, 0.25) is 0 Å². The second kappa shape index (κ2) is 5.09. The van der Waals surface area contributed by atoms with Crippen LogP contribution in [0.1, 0.15) is 32.8 Å². The number of fused-ring (bicyclic) bond motifs is 1. The Balaban J connectivity index is 1.86. The molecule has 17 heavy (non-hydrogen) atoms. The van der Waals surface area contributed by atoms with E-state index in [0.717, 1.165) is 13.1 Å². The predicted octanol–water partition coefficient (Wildman–Crippen LogP) is 2.83. The summed E-state index contributed by atoms with van der Waals surface area (Å²) in [5.41, 5.74) is 3.20. The standard InChI is InChI=1S/C15H24N2/c1-4-15(2,3)16-10-12-17-11-9-13-7-5-6-8-14(13)17/h5-8,16H,4,9-12H2,1-3H3. The minimum Gasteiger partial charge on any atom is -0.370 e. The van der Waals surface area contributed by atoms with Crippen molar-refractivity contribution in [1.29, 1.82) is 0 Å². The van der Waals surface area contributed by atoms with E-state index in [1.807, 2.05) is 0 Å². The Morgan fingerprint density at radius 2 is 2.06 bits per heavy atom. The van der Waals surface area contributed by atoms with Gasteiger partial charge in [0.1, 0.15) is 0 Å². The third kappa shape index (κ3) is 3.01. The average molecular weight is 232 g/mol. The minimum absolute atomic E-state index is 0.263. The lowest BCUT2D eigenvalue weighted by atomic mass is 10.0. The molecule has 1 aliphatic rings. The molecule has 94 valence electrons.